The Balaban J connectivity index is 0.000000517. The fourth-order valence-corrected chi connectivity index (χ4v) is 4.65. The van der Waals surface area contributed by atoms with Crippen LogP contribution in [-0.2, 0) is 17.9 Å². The van der Waals surface area contributed by atoms with Crippen LogP contribution >= 0.6 is 23.2 Å². The van der Waals surface area contributed by atoms with E-state index in [0.717, 1.165) is 22.0 Å². The summed E-state index contributed by atoms with van der Waals surface area (Å²) in [4.78, 5) is 27.4. The molecule has 5 rings (SSSR count). The number of alkyl halides is 3. The van der Waals surface area contributed by atoms with Crippen molar-refractivity contribution in [1.29, 1.82) is 5.26 Å². The standard InChI is InChI=1S/C27H21Cl2N5O.C2HF3O2/c28-21-12-23-25(13-22(21)29)34(11-3-10-30)27(35)26(32-23)20-16-33(24-5-2-1-4-19(20)24)15-18-8-6-17(14-31)7-9-18;3-2(4,5)1(6)7/h1-2,4-9,12-13,16H,3,10-11,15,30H2;(H,6,7). The van der Waals surface area contributed by atoms with Crippen molar-refractivity contribution in [1.82, 2.24) is 14.1 Å². The Bertz CT molecular complexity index is 1880. The largest absolute Gasteiger partial charge is 0.490 e. The molecular weight excluding hydrogens is 594 g/mol. The maximum Gasteiger partial charge on any atom is 0.490 e. The minimum Gasteiger partial charge on any atom is -0.475 e. The number of benzene rings is 3. The van der Waals surface area contributed by atoms with Crippen molar-refractivity contribution < 1.29 is 23.1 Å². The summed E-state index contributed by atoms with van der Waals surface area (Å²) in [6, 6.07) is 20.9. The van der Waals surface area contributed by atoms with Gasteiger partial charge in [0.05, 0.1) is 32.7 Å². The summed E-state index contributed by atoms with van der Waals surface area (Å²) in [5, 5.41) is 17.9. The Morgan fingerprint density at radius 2 is 1.69 bits per heavy atom. The molecule has 2 heterocycles. The molecule has 0 radical (unpaired) electrons. The maximum absolute atomic E-state index is 13.7. The molecule has 0 atom stereocenters. The molecule has 0 aliphatic carbocycles. The van der Waals surface area contributed by atoms with E-state index in [9.17, 15) is 18.0 Å². The van der Waals surface area contributed by atoms with Crippen LogP contribution in [-0.4, -0.2) is 37.9 Å². The highest BCUT2D eigenvalue weighted by molar-refractivity contribution is 6.42. The molecule has 3 aromatic carbocycles. The second-order valence-electron chi connectivity index (χ2n) is 9.11. The number of fused-ring (bicyclic) bond motifs is 2. The van der Waals surface area contributed by atoms with Crippen LogP contribution in [0.15, 0.2) is 71.7 Å². The average Bonchev–Trinajstić information content (AvgIpc) is 3.31. The van der Waals surface area contributed by atoms with E-state index in [-0.39, 0.29) is 5.56 Å². The van der Waals surface area contributed by atoms with Crippen LogP contribution in [0.3, 0.4) is 0 Å². The lowest BCUT2D eigenvalue weighted by Crippen LogP contribution is -2.25. The van der Waals surface area contributed by atoms with Crippen LogP contribution in [0.25, 0.3) is 33.2 Å². The number of para-hydroxylation sites is 1. The number of nitriles is 1. The van der Waals surface area contributed by atoms with Gasteiger partial charge >= 0.3 is 12.1 Å². The zero-order valence-electron chi connectivity index (χ0n) is 21.7. The summed E-state index contributed by atoms with van der Waals surface area (Å²) >= 11 is 12.5. The molecule has 0 amide bonds. The highest BCUT2D eigenvalue weighted by Gasteiger charge is 2.38. The summed E-state index contributed by atoms with van der Waals surface area (Å²) in [6.45, 7) is 1.49. The summed E-state index contributed by atoms with van der Waals surface area (Å²) in [5.74, 6) is -2.76. The third kappa shape index (κ3) is 6.57. The minimum atomic E-state index is -5.08. The summed E-state index contributed by atoms with van der Waals surface area (Å²) in [6.07, 6.45) is -2.48. The van der Waals surface area contributed by atoms with Gasteiger partial charge in [0.25, 0.3) is 5.56 Å². The molecule has 0 aliphatic heterocycles. The Kier molecular flexibility index (Phi) is 9.21. The first-order chi connectivity index (χ1) is 19.9. The predicted molar refractivity (Wildman–Crippen MR) is 155 cm³/mol. The molecule has 42 heavy (non-hydrogen) atoms. The fraction of sp³-hybridized carbons (Fsp3) is 0.172. The number of carbonyl (C=O) groups is 1. The number of nitrogens with two attached hydrogens (primary N) is 1. The molecule has 3 N–H and O–H groups in total. The van der Waals surface area contributed by atoms with Crippen molar-refractivity contribution in [2.45, 2.75) is 25.7 Å². The summed E-state index contributed by atoms with van der Waals surface area (Å²) < 4.78 is 35.5. The number of halogens is 5. The van der Waals surface area contributed by atoms with Crippen LogP contribution < -0.4 is 11.3 Å². The minimum absolute atomic E-state index is 0.203. The smallest absolute Gasteiger partial charge is 0.475 e. The zero-order chi connectivity index (χ0) is 30.6. The van der Waals surface area contributed by atoms with Gasteiger partial charge in [-0.1, -0.05) is 53.5 Å². The van der Waals surface area contributed by atoms with E-state index in [1.54, 1.807) is 28.8 Å². The van der Waals surface area contributed by atoms with Gasteiger partial charge in [0, 0.05) is 35.8 Å². The van der Waals surface area contributed by atoms with Gasteiger partial charge < -0.3 is 20.0 Å². The van der Waals surface area contributed by atoms with E-state index in [4.69, 9.17) is 49.1 Å². The Hall–Kier alpha value is -4.37. The molecular formula is C29H22Cl2F3N5O3. The molecule has 2 aromatic heterocycles. The second-order valence-corrected chi connectivity index (χ2v) is 9.93. The fourth-order valence-electron chi connectivity index (χ4n) is 4.33. The molecule has 0 bridgehead atoms. The van der Waals surface area contributed by atoms with Gasteiger partial charge in [0.15, 0.2) is 0 Å². The summed E-state index contributed by atoms with van der Waals surface area (Å²) in [7, 11) is 0. The Labute approximate surface area is 246 Å². The molecule has 5 aromatic rings. The van der Waals surface area contributed by atoms with Crippen LogP contribution in [0.2, 0.25) is 10.0 Å². The molecule has 0 aliphatic rings. The number of nitrogens with zero attached hydrogens (tertiary/aromatic N) is 4. The third-order valence-electron chi connectivity index (χ3n) is 6.30. The Morgan fingerprint density at radius 3 is 2.31 bits per heavy atom. The number of aryl methyl sites for hydroxylation is 1. The lowest BCUT2D eigenvalue weighted by atomic mass is 10.1. The van der Waals surface area contributed by atoms with Crippen LogP contribution in [0.1, 0.15) is 17.5 Å². The highest BCUT2D eigenvalue weighted by atomic mass is 35.5. The molecule has 8 nitrogen and oxygen atoms in total. The van der Waals surface area contributed by atoms with Gasteiger partial charge in [-0.15, -0.1) is 0 Å². The first kappa shape index (κ1) is 30.6. The van der Waals surface area contributed by atoms with Crippen molar-refractivity contribution in [3.05, 3.63) is 98.4 Å². The maximum atomic E-state index is 13.7. The van der Waals surface area contributed by atoms with Gasteiger partial charge in [0.2, 0.25) is 0 Å². The lowest BCUT2D eigenvalue weighted by Gasteiger charge is -2.13. The SMILES string of the molecule is N#Cc1ccc(Cn2cc(-c3nc4cc(Cl)c(Cl)cc4n(CCCN)c3=O)c3ccccc32)cc1.O=C(O)C(F)(F)F. The number of hydrogen-bond acceptors (Lipinski definition) is 5. The molecule has 0 spiro atoms. The van der Waals surface area contributed by atoms with E-state index in [1.807, 2.05) is 42.6 Å². The lowest BCUT2D eigenvalue weighted by molar-refractivity contribution is -0.192. The number of aliphatic carboxylic acids is 1. The van der Waals surface area contributed by atoms with Crippen molar-refractivity contribution >= 4 is 51.1 Å². The van der Waals surface area contributed by atoms with E-state index in [1.165, 1.54) is 0 Å². The molecule has 216 valence electrons. The van der Waals surface area contributed by atoms with Gasteiger partial charge in [-0.3, -0.25) is 4.79 Å². The van der Waals surface area contributed by atoms with Gasteiger partial charge in [0.1, 0.15) is 5.69 Å². The van der Waals surface area contributed by atoms with E-state index >= 15 is 0 Å². The molecule has 0 fully saturated rings. The normalized spacial score (nSPS) is 11.3. The van der Waals surface area contributed by atoms with Gasteiger partial charge in [-0.2, -0.15) is 18.4 Å². The van der Waals surface area contributed by atoms with Gasteiger partial charge in [-0.05, 0) is 48.9 Å². The van der Waals surface area contributed by atoms with E-state index < -0.39 is 12.1 Å². The number of aromatic nitrogens is 3. The van der Waals surface area contributed by atoms with Crippen molar-refractivity contribution in [2.24, 2.45) is 5.73 Å². The topological polar surface area (TPSA) is 127 Å². The summed E-state index contributed by atoms with van der Waals surface area (Å²) in [5.41, 5.74) is 10.5. The molecule has 0 unspecified atom stereocenters. The average molecular weight is 616 g/mol. The van der Waals surface area contributed by atoms with Crippen LogP contribution in [0.5, 0.6) is 0 Å². The van der Waals surface area contributed by atoms with E-state index in [2.05, 4.69) is 10.6 Å². The molecule has 13 heteroatoms. The number of rotatable bonds is 6. The second kappa shape index (κ2) is 12.7. The first-order valence-corrected chi connectivity index (χ1v) is 13.2. The van der Waals surface area contributed by atoms with Crippen molar-refractivity contribution in [3.8, 4) is 17.3 Å². The molecule has 0 saturated heterocycles. The number of hydrogen-bond donors (Lipinski definition) is 2. The quantitative estimate of drug-likeness (QED) is 0.233. The monoisotopic (exact) mass is 615 g/mol. The third-order valence-corrected chi connectivity index (χ3v) is 7.02. The number of carboxylic acids is 1. The first-order valence-electron chi connectivity index (χ1n) is 12.4. The Morgan fingerprint density at radius 1 is 1.05 bits per heavy atom. The van der Waals surface area contributed by atoms with Crippen molar-refractivity contribution in [3.63, 3.8) is 0 Å². The van der Waals surface area contributed by atoms with Crippen LogP contribution in [0, 0.1) is 11.3 Å². The van der Waals surface area contributed by atoms with Crippen LogP contribution in [0.4, 0.5) is 13.2 Å². The predicted octanol–water partition coefficient (Wildman–Crippen LogP) is 6.23. The zero-order valence-corrected chi connectivity index (χ0v) is 23.2. The van der Waals surface area contributed by atoms with E-state index in [0.29, 0.717) is 58.4 Å². The highest BCUT2D eigenvalue weighted by Crippen LogP contribution is 2.32. The van der Waals surface area contributed by atoms with Gasteiger partial charge in [-0.25, -0.2) is 9.78 Å². The molecule has 0 saturated carbocycles. The number of carboxylic acid groups (broad SMARTS) is 1. The van der Waals surface area contributed by atoms with Crippen molar-refractivity contribution in [2.75, 3.05) is 6.54 Å².